The van der Waals surface area contributed by atoms with Crippen LogP contribution >= 0.6 is 0 Å². The Bertz CT molecular complexity index is 279. The Morgan fingerprint density at radius 1 is 1.41 bits per heavy atom. The number of carbonyl (C=O) groups is 2. The molecule has 2 amide bonds. The number of nitrogens with one attached hydrogen (secondary N) is 2. The summed E-state index contributed by atoms with van der Waals surface area (Å²) in [5.41, 5.74) is 0. The van der Waals surface area contributed by atoms with Crippen LogP contribution in [0.25, 0.3) is 0 Å². The zero-order chi connectivity index (χ0) is 12.8. The van der Waals surface area contributed by atoms with Crippen LogP contribution in [0.4, 0.5) is 4.79 Å². The molecular weight excluding hydrogens is 224 g/mol. The van der Waals surface area contributed by atoms with Crippen molar-refractivity contribution in [3.8, 4) is 0 Å². The average Bonchev–Trinajstić information content (AvgIpc) is 2.13. The lowest BCUT2D eigenvalue weighted by Crippen LogP contribution is -2.46. The fourth-order valence-corrected chi connectivity index (χ4v) is 1.76. The Morgan fingerprint density at radius 3 is 2.53 bits per heavy atom. The third-order valence-electron chi connectivity index (χ3n) is 3.20. The van der Waals surface area contributed by atoms with Gasteiger partial charge in [-0.25, -0.2) is 9.59 Å². The number of carboxylic acid groups (broad SMARTS) is 1. The van der Waals surface area contributed by atoms with Gasteiger partial charge in [0.25, 0.3) is 0 Å². The number of aliphatic carboxylic acids is 1. The van der Waals surface area contributed by atoms with E-state index in [1.165, 1.54) is 6.42 Å². The van der Waals surface area contributed by atoms with Crippen LogP contribution in [-0.4, -0.2) is 40.9 Å². The highest BCUT2D eigenvalue weighted by Crippen LogP contribution is 2.29. The van der Waals surface area contributed by atoms with Crippen LogP contribution in [0.5, 0.6) is 0 Å². The van der Waals surface area contributed by atoms with Gasteiger partial charge in [0.05, 0.1) is 0 Å². The van der Waals surface area contributed by atoms with E-state index in [1.54, 1.807) is 0 Å². The summed E-state index contributed by atoms with van der Waals surface area (Å²) in [4.78, 5) is 21.7. The quantitative estimate of drug-likeness (QED) is 0.540. The molecule has 6 nitrogen and oxygen atoms in total. The van der Waals surface area contributed by atoms with Gasteiger partial charge in [0.2, 0.25) is 0 Å². The van der Waals surface area contributed by atoms with Crippen molar-refractivity contribution in [2.75, 3.05) is 6.54 Å². The Balaban J connectivity index is 2.10. The highest BCUT2D eigenvalue weighted by atomic mass is 16.4. The second-order valence-electron chi connectivity index (χ2n) is 4.52. The van der Waals surface area contributed by atoms with E-state index in [2.05, 4.69) is 10.6 Å². The third-order valence-corrected chi connectivity index (χ3v) is 3.20. The van der Waals surface area contributed by atoms with E-state index >= 15 is 0 Å². The number of hydrogen-bond acceptors (Lipinski definition) is 3. The summed E-state index contributed by atoms with van der Waals surface area (Å²) in [6.45, 7) is 2.12. The molecule has 2 atom stereocenters. The van der Waals surface area contributed by atoms with Gasteiger partial charge in [0.1, 0.15) is 0 Å². The summed E-state index contributed by atoms with van der Waals surface area (Å²) in [6.07, 6.45) is 2.13. The summed E-state index contributed by atoms with van der Waals surface area (Å²) >= 11 is 0. The molecule has 0 radical (unpaired) electrons. The van der Waals surface area contributed by atoms with Crippen LogP contribution in [0.15, 0.2) is 0 Å². The summed E-state index contributed by atoms with van der Waals surface area (Å²) < 4.78 is 0. The molecule has 98 valence electrons. The molecule has 0 spiro atoms. The number of carboxylic acids is 1. The normalized spacial score (nSPS) is 18.9. The van der Waals surface area contributed by atoms with E-state index in [1.807, 2.05) is 6.92 Å². The predicted molar refractivity (Wildman–Crippen MR) is 61.6 cm³/mol. The molecule has 0 bridgehead atoms. The lowest BCUT2D eigenvalue weighted by Gasteiger charge is -2.31. The van der Waals surface area contributed by atoms with Crippen molar-refractivity contribution in [1.29, 1.82) is 0 Å². The third kappa shape index (κ3) is 4.60. The molecule has 1 aliphatic rings. The van der Waals surface area contributed by atoms with E-state index in [0.29, 0.717) is 5.92 Å². The Labute approximate surface area is 100 Å². The molecule has 0 aliphatic heterocycles. The number of rotatable bonds is 6. The van der Waals surface area contributed by atoms with Crippen molar-refractivity contribution in [1.82, 2.24) is 10.6 Å². The number of carbonyl (C=O) groups excluding carboxylic acids is 1. The lowest BCUT2D eigenvalue weighted by molar-refractivity contribution is -0.146. The van der Waals surface area contributed by atoms with Gasteiger partial charge in [0.15, 0.2) is 6.10 Å². The summed E-state index contributed by atoms with van der Waals surface area (Å²) in [5.74, 6) is -0.708. The first-order valence-corrected chi connectivity index (χ1v) is 5.96. The van der Waals surface area contributed by atoms with Crippen LogP contribution in [0, 0.1) is 5.92 Å². The van der Waals surface area contributed by atoms with Crippen molar-refractivity contribution < 1.29 is 19.8 Å². The maximum atomic E-state index is 11.4. The van der Waals surface area contributed by atoms with Gasteiger partial charge in [-0.15, -0.1) is 0 Å². The molecule has 4 N–H and O–H groups in total. The molecular formula is C11H20N2O4. The molecule has 0 saturated heterocycles. The Kier molecular flexibility index (Phi) is 5.21. The van der Waals surface area contributed by atoms with Crippen molar-refractivity contribution in [3.63, 3.8) is 0 Å². The predicted octanol–water partition coefficient (Wildman–Crippen LogP) is 0.310. The average molecular weight is 244 g/mol. The van der Waals surface area contributed by atoms with Crippen LogP contribution in [-0.2, 0) is 4.79 Å². The molecule has 1 unspecified atom stereocenters. The number of aliphatic hydroxyl groups is 1. The van der Waals surface area contributed by atoms with E-state index in [9.17, 15) is 9.59 Å². The second kappa shape index (κ2) is 6.44. The highest BCUT2D eigenvalue weighted by molar-refractivity contribution is 5.74. The van der Waals surface area contributed by atoms with Gasteiger partial charge < -0.3 is 20.8 Å². The second-order valence-corrected chi connectivity index (χ2v) is 4.52. The summed E-state index contributed by atoms with van der Waals surface area (Å²) in [7, 11) is 0. The number of hydrogen-bond donors (Lipinski definition) is 4. The van der Waals surface area contributed by atoms with Crippen LogP contribution in [0.1, 0.15) is 32.6 Å². The molecule has 1 fully saturated rings. The van der Waals surface area contributed by atoms with E-state index in [0.717, 1.165) is 12.8 Å². The minimum Gasteiger partial charge on any atom is -0.479 e. The zero-order valence-electron chi connectivity index (χ0n) is 9.98. The minimum absolute atomic E-state index is 0.0144. The standard InChI is InChI=1S/C11H20N2O4/c1-7(8-3-2-4-8)13-11(17)12-6-5-9(14)10(15)16/h7-9,14H,2-6H2,1H3,(H,15,16)(H2,12,13,17)/t7?,9-/m0/s1. The fourth-order valence-electron chi connectivity index (χ4n) is 1.76. The number of urea groups is 1. The van der Waals surface area contributed by atoms with Crippen molar-refractivity contribution in [3.05, 3.63) is 0 Å². The fraction of sp³-hybridized carbons (Fsp3) is 0.818. The molecule has 0 aromatic heterocycles. The maximum Gasteiger partial charge on any atom is 0.332 e. The van der Waals surface area contributed by atoms with Crippen LogP contribution in [0.3, 0.4) is 0 Å². The SMILES string of the molecule is CC(NC(=O)NCC[C@H](O)C(=O)O)C1CCC1. The largest absolute Gasteiger partial charge is 0.479 e. The van der Waals surface area contributed by atoms with Crippen molar-refractivity contribution >= 4 is 12.0 Å². The number of amides is 2. The van der Waals surface area contributed by atoms with Gasteiger partial charge in [-0.05, 0) is 25.7 Å². The summed E-state index contributed by atoms with van der Waals surface area (Å²) in [6, 6.07) is -0.157. The first-order chi connectivity index (χ1) is 8.00. The van der Waals surface area contributed by atoms with Crippen molar-refractivity contribution in [2.45, 2.75) is 44.8 Å². The van der Waals surface area contributed by atoms with E-state index in [4.69, 9.17) is 10.2 Å². The van der Waals surface area contributed by atoms with Crippen LogP contribution < -0.4 is 10.6 Å². The van der Waals surface area contributed by atoms with Gasteiger partial charge in [-0.3, -0.25) is 0 Å². The molecule has 1 rings (SSSR count). The smallest absolute Gasteiger partial charge is 0.332 e. The van der Waals surface area contributed by atoms with E-state index < -0.39 is 12.1 Å². The number of aliphatic hydroxyl groups excluding tert-OH is 1. The molecule has 0 aromatic rings. The molecule has 0 aromatic carbocycles. The molecule has 1 aliphatic carbocycles. The molecule has 0 heterocycles. The van der Waals surface area contributed by atoms with Gasteiger partial charge >= 0.3 is 12.0 Å². The molecule has 6 heteroatoms. The highest BCUT2D eigenvalue weighted by Gasteiger charge is 2.24. The first-order valence-electron chi connectivity index (χ1n) is 5.96. The van der Waals surface area contributed by atoms with Crippen LogP contribution in [0.2, 0.25) is 0 Å². The first kappa shape index (κ1) is 13.8. The van der Waals surface area contributed by atoms with Crippen molar-refractivity contribution in [2.24, 2.45) is 5.92 Å². The Hall–Kier alpha value is -1.30. The molecule has 1 saturated carbocycles. The maximum absolute atomic E-state index is 11.4. The van der Waals surface area contributed by atoms with Gasteiger partial charge in [-0.1, -0.05) is 6.42 Å². The van der Waals surface area contributed by atoms with E-state index in [-0.39, 0.29) is 25.0 Å². The summed E-state index contributed by atoms with van der Waals surface area (Å²) in [5, 5.41) is 22.7. The monoisotopic (exact) mass is 244 g/mol. The lowest BCUT2D eigenvalue weighted by atomic mass is 9.80. The minimum atomic E-state index is -1.42. The van der Waals surface area contributed by atoms with Gasteiger partial charge in [-0.2, -0.15) is 0 Å². The molecule has 17 heavy (non-hydrogen) atoms. The zero-order valence-corrected chi connectivity index (χ0v) is 9.98. The van der Waals surface area contributed by atoms with Gasteiger partial charge in [0, 0.05) is 19.0 Å². The Morgan fingerprint density at radius 2 is 2.06 bits per heavy atom. The topological polar surface area (TPSA) is 98.7 Å².